The topological polar surface area (TPSA) is 40.6 Å². The first kappa shape index (κ1) is 19.5. The number of rotatable bonds is 3. The molecule has 4 nitrogen and oxygen atoms in total. The fourth-order valence-corrected chi connectivity index (χ4v) is 5.43. The summed E-state index contributed by atoms with van der Waals surface area (Å²) in [6.45, 7) is 2.34. The number of carbonyl (C=O) groups excluding carboxylic acids is 2. The number of piperazine rings is 1. The molecule has 0 radical (unpaired) electrons. The molecule has 1 saturated heterocycles. The Bertz CT molecular complexity index is 685. The van der Waals surface area contributed by atoms with Gasteiger partial charge in [0.15, 0.2) is 0 Å². The van der Waals surface area contributed by atoms with E-state index in [-0.39, 0.29) is 30.4 Å². The molecule has 0 aromatic heterocycles. The molecule has 4 rings (SSSR count). The molecule has 1 aliphatic heterocycles. The van der Waals surface area contributed by atoms with Crippen LogP contribution in [-0.2, 0) is 9.59 Å². The van der Waals surface area contributed by atoms with E-state index in [0.717, 1.165) is 44.1 Å². The van der Waals surface area contributed by atoms with Crippen LogP contribution in [0.2, 0.25) is 0 Å². The average Bonchev–Trinajstić information content (AvgIpc) is 3.00. The lowest BCUT2D eigenvalue weighted by Gasteiger charge is -2.47. The first-order valence-corrected chi connectivity index (χ1v) is 11.3. The Kier molecular flexibility index (Phi) is 6.03. The largest absolute Gasteiger partial charge is 0.328 e. The van der Waals surface area contributed by atoms with Crippen molar-refractivity contribution in [2.24, 2.45) is 0 Å². The molecule has 152 valence electrons. The smallest absolute Gasteiger partial charge is 0.250 e. The standard InChI is InChI=1S/C24H34N2O2/c1-18-13-15-19(16-14-18)23-24(28)25(20-9-5-2-3-6-10-20)17-22(27)26(23)21-11-7-4-8-12-21/h13-16,20-21,23H,2-12,17H2,1H3/t23-/m1/s1. The fraction of sp³-hybridized carbons (Fsp3) is 0.667. The second-order valence-corrected chi connectivity index (χ2v) is 9.02. The molecule has 2 saturated carbocycles. The minimum atomic E-state index is -0.437. The van der Waals surface area contributed by atoms with Gasteiger partial charge < -0.3 is 9.80 Å². The van der Waals surface area contributed by atoms with Crippen LogP contribution in [-0.4, -0.2) is 40.2 Å². The van der Waals surface area contributed by atoms with Gasteiger partial charge in [-0.3, -0.25) is 9.59 Å². The van der Waals surface area contributed by atoms with Crippen molar-refractivity contribution in [1.29, 1.82) is 0 Å². The van der Waals surface area contributed by atoms with E-state index in [1.807, 2.05) is 9.80 Å². The molecule has 3 fully saturated rings. The predicted molar refractivity (Wildman–Crippen MR) is 111 cm³/mol. The summed E-state index contributed by atoms with van der Waals surface area (Å²) in [5.41, 5.74) is 2.16. The normalized spacial score (nSPS) is 25.8. The highest BCUT2D eigenvalue weighted by Gasteiger charge is 2.45. The van der Waals surface area contributed by atoms with Crippen molar-refractivity contribution >= 4 is 11.8 Å². The van der Waals surface area contributed by atoms with Gasteiger partial charge in [0.2, 0.25) is 5.91 Å². The van der Waals surface area contributed by atoms with Crippen LogP contribution >= 0.6 is 0 Å². The summed E-state index contributed by atoms with van der Waals surface area (Å²) in [5.74, 6) is 0.308. The van der Waals surface area contributed by atoms with Crippen molar-refractivity contribution < 1.29 is 9.59 Å². The molecule has 2 amide bonds. The van der Waals surface area contributed by atoms with Crippen LogP contribution in [0.25, 0.3) is 0 Å². The summed E-state index contributed by atoms with van der Waals surface area (Å²) in [7, 11) is 0. The SMILES string of the molecule is Cc1ccc([C@@H]2C(=O)N(C3CCCCCC3)CC(=O)N2C2CCCCC2)cc1. The van der Waals surface area contributed by atoms with Crippen LogP contribution in [0.5, 0.6) is 0 Å². The zero-order valence-corrected chi connectivity index (χ0v) is 17.2. The van der Waals surface area contributed by atoms with Gasteiger partial charge >= 0.3 is 0 Å². The molecule has 0 N–H and O–H groups in total. The first-order valence-electron chi connectivity index (χ1n) is 11.3. The zero-order valence-electron chi connectivity index (χ0n) is 17.2. The Morgan fingerprint density at radius 3 is 1.89 bits per heavy atom. The number of benzene rings is 1. The van der Waals surface area contributed by atoms with E-state index < -0.39 is 6.04 Å². The molecule has 1 atom stereocenters. The van der Waals surface area contributed by atoms with Gasteiger partial charge in [-0.2, -0.15) is 0 Å². The monoisotopic (exact) mass is 382 g/mol. The highest BCUT2D eigenvalue weighted by molar-refractivity contribution is 5.96. The summed E-state index contributed by atoms with van der Waals surface area (Å²) < 4.78 is 0. The maximum absolute atomic E-state index is 13.8. The van der Waals surface area contributed by atoms with Gasteiger partial charge in [-0.15, -0.1) is 0 Å². The summed E-state index contributed by atoms with van der Waals surface area (Å²) in [5, 5.41) is 0. The van der Waals surface area contributed by atoms with Crippen molar-refractivity contribution in [3.63, 3.8) is 0 Å². The van der Waals surface area contributed by atoms with Crippen molar-refractivity contribution in [3.8, 4) is 0 Å². The second kappa shape index (κ2) is 8.67. The van der Waals surface area contributed by atoms with E-state index in [0.29, 0.717) is 0 Å². The fourth-order valence-electron chi connectivity index (χ4n) is 5.43. The molecule has 2 aliphatic carbocycles. The van der Waals surface area contributed by atoms with Crippen LogP contribution in [0.4, 0.5) is 0 Å². The van der Waals surface area contributed by atoms with E-state index in [1.54, 1.807) is 0 Å². The van der Waals surface area contributed by atoms with Gasteiger partial charge in [-0.05, 0) is 38.2 Å². The third-order valence-electron chi connectivity index (χ3n) is 7.02. The van der Waals surface area contributed by atoms with Crippen molar-refractivity contribution in [2.75, 3.05) is 6.54 Å². The average molecular weight is 383 g/mol. The van der Waals surface area contributed by atoms with Gasteiger partial charge in [-0.1, -0.05) is 74.8 Å². The summed E-state index contributed by atoms with van der Waals surface area (Å²) in [6.07, 6.45) is 12.6. The lowest BCUT2D eigenvalue weighted by Crippen LogP contribution is -2.60. The highest BCUT2D eigenvalue weighted by Crippen LogP contribution is 2.36. The number of hydrogen-bond acceptors (Lipinski definition) is 2. The number of carbonyl (C=O) groups is 2. The molecule has 0 spiro atoms. The van der Waals surface area contributed by atoms with Crippen molar-refractivity contribution in [3.05, 3.63) is 35.4 Å². The van der Waals surface area contributed by atoms with E-state index in [4.69, 9.17) is 0 Å². The number of hydrogen-bond donors (Lipinski definition) is 0. The molecule has 28 heavy (non-hydrogen) atoms. The number of nitrogens with zero attached hydrogens (tertiary/aromatic N) is 2. The molecular formula is C24H34N2O2. The van der Waals surface area contributed by atoms with E-state index >= 15 is 0 Å². The van der Waals surface area contributed by atoms with Crippen LogP contribution in [0, 0.1) is 6.92 Å². The third-order valence-corrected chi connectivity index (χ3v) is 7.02. The van der Waals surface area contributed by atoms with Gasteiger partial charge in [0, 0.05) is 12.1 Å². The molecular weight excluding hydrogens is 348 g/mol. The summed E-state index contributed by atoms with van der Waals surface area (Å²) in [6, 6.07) is 8.25. The quantitative estimate of drug-likeness (QED) is 0.707. The molecule has 1 heterocycles. The van der Waals surface area contributed by atoms with Gasteiger partial charge in [0.25, 0.3) is 5.91 Å². The Morgan fingerprint density at radius 2 is 1.29 bits per heavy atom. The Balaban J connectivity index is 1.66. The number of aryl methyl sites for hydroxylation is 1. The van der Waals surface area contributed by atoms with Crippen LogP contribution in [0.1, 0.15) is 87.8 Å². The van der Waals surface area contributed by atoms with Crippen molar-refractivity contribution in [1.82, 2.24) is 9.80 Å². The highest BCUT2D eigenvalue weighted by atomic mass is 16.2. The molecule has 0 bridgehead atoms. The minimum absolute atomic E-state index is 0.154. The first-order chi connectivity index (χ1) is 13.6. The molecule has 1 aromatic rings. The van der Waals surface area contributed by atoms with E-state index in [1.165, 1.54) is 37.7 Å². The van der Waals surface area contributed by atoms with Crippen LogP contribution in [0.15, 0.2) is 24.3 Å². The summed E-state index contributed by atoms with van der Waals surface area (Å²) >= 11 is 0. The number of amides is 2. The zero-order chi connectivity index (χ0) is 19.5. The molecule has 3 aliphatic rings. The third kappa shape index (κ3) is 3.97. The van der Waals surface area contributed by atoms with Gasteiger partial charge in [0.05, 0.1) is 0 Å². The van der Waals surface area contributed by atoms with Gasteiger partial charge in [0.1, 0.15) is 12.6 Å². The maximum Gasteiger partial charge on any atom is 0.250 e. The maximum atomic E-state index is 13.8. The Labute approximate surface area is 169 Å². The Morgan fingerprint density at radius 1 is 0.750 bits per heavy atom. The Hall–Kier alpha value is -1.84. The second-order valence-electron chi connectivity index (χ2n) is 9.02. The molecule has 4 heteroatoms. The minimum Gasteiger partial charge on any atom is -0.328 e. The molecule has 0 unspecified atom stereocenters. The predicted octanol–water partition coefficient (Wildman–Crippen LogP) is 4.76. The lowest BCUT2D eigenvalue weighted by atomic mass is 9.89. The van der Waals surface area contributed by atoms with Gasteiger partial charge in [-0.25, -0.2) is 0 Å². The molecule has 1 aromatic carbocycles. The van der Waals surface area contributed by atoms with E-state index in [2.05, 4.69) is 31.2 Å². The van der Waals surface area contributed by atoms with Crippen molar-refractivity contribution in [2.45, 2.75) is 95.7 Å². The van der Waals surface area contributed by atoms with E-state index in [9.17, 15) is 9.59 Å². The lowest BCUT2D eigenvalue weighted by molar-refractivity contribution is -0.162. The van der Waals surface area contributed by atoms with Crippen LogP contribution < -0.4 is 0 Å². The summed E-state index contributed by atoms with van der Waals surface area (Å²) in [4.78, 5) is 31.0. The van der Waals surface area contributed by atoms with Crippen LogP contribution in [0.3, 0.4) is 0 Å².